The van der Waals surface area contributed by atoms with Crippen molar-refractivity contribution in [1.82, 2.24) is 4.98 Å². The van der Waals surface area contributed by atoms with Crippen molar-refractivity contribution < 1.29 is 9.90 Å². The summed E-state index contributed by atoms with van der Waals surface area (Å²) in [6.45, 7) is 1.68. The highest BCUT2D eigenvalue weighted by molar-refractivity contribution is 6.00. The van der Waals surface area contributed by atoms with Gasteiger partial charge in [0, 0.05) is 18.0 Å². The number of aromatic nitrogens is 1. The Kier molecular flexibility index (Phi) is 3.89. The van der Waals surface area contributed by atoms with Crippen molar-refractivity contribution in [2.45, 2.75) is 25.9 Å². The number of aliphatic hydroxyl groups is 1. The molecule has 0 bridgehead atoms. The van der Waals surface area contributed by atoms with Gasteiger partial charge in [0.25, 0.3) is 0 Å². The molecule has 4 nitrogen and oxygen atoms in total. The molecule has 94 valence electrons. The third kappa shape index (κ3) is 3.05. The number of carbonyl (C=O) groups excluding carboxylic acids is 1. The molecule has 4 heteroatoms. The monoisotopic (exact) mass is 244 g/mol. The quantitative estimate of drug-likeness (QED) is 0.867. The smallest absolute Gasteiger partial charge is 0.224 e. The minimum Gasteiger partial charge on any atom is -0.393 e. The fraction of sp³-hybridized carbons (Fsp3) is 0.286. The van der Waals surface area contributed by atoms with Crippen LogP contribution >= 0.6 is 0 Å². The van der Waals surface area contributed by atoms with Crippen LogP contribution in [0.2, 0.25) is 0 Å². The Labute approximate surface area is 106 Å². The summed E-state index contributed by atoms with van der Waals surface area (Å²) >= 11 is 0. The number of amides is 1. The fourth-order valence-corrected chi connectivity index (χ4v) is 1.77. The van der Waals surface area contributed by atoms with Crippen LogP contribution < -0.4 is 5.32 Å². The van der Waals surface area contributed by atoms with E-state index in [1.165, 1.54) is 0 Å². The number of fused-ring (bicyclic) bond motifs is 1. The Morgan fingerprint density at radius 3 is 3.00 bits per heavy atom. The largest absolute Gasteiger partial charge is 0.393 e. The van der Waals surface area contributed by atoms with Crippen LogP contribution in [0, 0.1) is 0 Å². The van der Waals surface area contributed by atoms with Gasteiger partial charge in [0.2, 0.25) is 5.91 Å². The third-order valence-corrected chi connectivity index (χ3v) is 2.71. The van der Waals surface area contributed by atoms with E-state index in [1.807, 2.05) is 30.3 Å². The molecule has 1 unspecified atom stereocenters. The second-order valence-corrected chi connectivity index (χ2v) is 4.31. The zero-order chi connectivity index (χ0) is 13.0. The molecule has 2 aromatic rings. The van der Waals surface area contributed by atoms with E-state index in [9.17, 15) is 4.79 Å². The molecule has 0 radical (unpaired) electrons. The van der Waals surface area contributed by atoms with Crippen molar-refractivity contribution in [2.24, 2.45) is 0 Å². The predicted molar refractivity (Wildman–Crippen MR) is 71.3 cm³/mol. The summed E-state index contributed by atoms with van der Waals surface area (Å²) in [6, 6.07) is 9.38. The van der Waals surface area contributed by atoms with E-state index in [2.05, 4.69) is 10.3 Å². The number of hydrogen-bond acceptors (Lipinski definition) is 3. The first-order chi connectivity index (χ1) is 8.66. The third-order valence-electron chi connectivity index (χ3n) is 2.71. The van der Waals surface area contributed by atoms with Gasteiger partial charge >= 0.3 is 0 Å². The number of rotatable bonds is 4. The lowest BCUT2D eigenvalue weighted by Crippen LogP contribution is -2.14. The van der Waals surface area contributed by atoms with Crippen LogP contribution in [-0.4, -0.2) is 22.1 Å². The number of carbonyl (C=O) groups is 1. The number of nitrogens with one attached hydrogen (secondary N) is 1. The second-order valence-electron chi connectivity index (χ2n) is 4.31. The lowest BCUT2D eigenvalue weighted by atomic mass is 10.1. The van der Waals surface area contributed by atoms with Gasteiger partial charge in [-0.05, 0) is 37.6 Å². The number of benzene rings is 1. The minimum atomic E-state index is -0.454. The van der Waals surface area contributed by atoms with Crippen molar-refractivity contribution in [1.29, 1.82) is 0 Å². The maximum atomic E-state index is 11.7. The summed E-state index contributed by atoms with van der Waals surface area (Å²) in [7, 11) is 0. The molecule has 0 aliphatic carbocycles. The first-order valence-corrected chi connectivity index (χ1v) is 5.98. The van der Waals surface area contributed by atoms with Crippen LogP contribution in [0.4, 0.5) is 5.69 Å². The first kappa shape index (κ1) is 12.5. The minimum absolute atomic E-state index is 0.0905. The number of hydrogen-bond donors (Lipinski definition) is 2. The molecule has 1 aromatic heterocycles. The van der Waals surface area contributed by atoms with Gasteiger partial charge in [-0.1, -0.05) is 6.07 Å². The van der Waals surface area contributed by atoms with Gasteiger partial charge < -0.3 is 10.4 Å². The standard InChI is InChI=1S/C14H16N2O2/c1-10(17)7-8-14(18)16-13-6-2-5-12-11(13)4-3-9-15-12/h2-6,9-10,17H,7-8H2,1H3,(H,16,18). The zero-order valence-electron chi connectivity index (χ0n) is 10.3. The van der Waals surface area contributed by atoms with E-state index >= 15 is 0 Å². The van der Waals surface area contributed by atoms with Crippen LogP contribution in [-0.2, 0) is 4.79 Å². The second kappa shape index (κ2) is 5.60. The van der Waals surface area contributed by atoms with Crippen LogP contribution in [0.5, 0.6) is 0 Å². The van der Waals surface area contributed by atoms with Crippen molar-refractivity contribution >= 4 is 22.5 Å². The molecular formula is C14H16N2O2. The lowest BCUT2D eigenvalue weighted by Gasteiger charge is -2.08. The molecule has 1 atom stereocenters. The van der Waals surface area contributed by atoms with E-state index < -0.39 is 6.10 Å². The van der Waals surface area contributed by atoms with E-state index in [-0.39, 0.29) is 5.91 Å². The van der Waals surface area contributed by atoms with Crippen LogP contribution in [0.15, 0.2) is 36.5 Å². The Balaban J connectivity index is 2.14. The topological polar surface area (TPSA) is 62.2 Å². The summed E-state index contributed by atoms with van der Waals surface area (Å²) in [4.78, 5) is 16.0. The van der Waals surface area contributed by atoms with E-state index in [0.29, 0.717) is 12.8 Å². The number of pyridine rings is 1. The molecule has 2 N–H and O–H groups in total. The van der Waals surface area contributed by atoms with E-state index in [0.717, 1.165) is 16.6 Å². The normalized spacial score (nSPS) is 12.3. The zero-order valence-corrected chi connectivity index (χ0v) is 10.3. The fourth-order valence-electron chi connectivity index (χ4n) is 1.77. The van der Waals surface area contributed by atoms with Gasteiger partial charge in [-0.2, -0.15) is 0 Å². The Bertz CT molecular complexity index is 547. The maximum Gasteiger partial charge on any atom is 0.224 e. The van der Waals surface area contributed by atoms with Crippen molar-refractivity contribution in [3.05, 3.63) is 36.5 Å². The molecule has 0 spiro atoms. The summed E-state index contributed by atoms with van der Waals surface area (Å²) in [5.41, 5.74) is 1.61. The number of nitrogens with zero attached hydrogens (tertiary/aromatic N) is 1. The molecule has 0 aliphatic rings. The molecule has 2 rings (SSSR count). The highest BCUT2D eigenvalue weighted by Gasteiger charge is 2.07. The maximum absolute atomic E-state index is 11.7. The van der Waals surface area contributed by atoms with Crippen molar-refractivity contribution in [3.8, 4) is 0 Å². The van der Waals surface area contributed by atoms with Crippen LogP contribution in [0.1, 0.15) is 19.8 Å². The highest BCUT2D eigenvalue weighted by Crippen LogP contribution is 2.21. The van der Waals surface area contributed by atoms with E-state index in [4.69, 9.17) is 5.11 Å². The molecule has 18 heavy (non-hydrogen) atoms. The Hall–Kier alpha value is -1.94. The number of aliphatic hydroxyl groups excluding tert-OH is 1. The summed E-state index contributed by atoms with van der Waals surface area (Å²) in [5, 5.41) is 12.9. The van der Waals surface area contributed by atoms with Gasteiger partial charge in [-0.15, -0.1) is 0 Å². The van der Waals surface area contributed by atoms with Crippen LogP contribution in [0.3, 0.4) is 0 Å². The molecule has 0 aliphatic heterocycles. The lowest BCUT2D eigenvalue weighted by molar-refractivity contribution is -0.116. The Morgan fingerprint density at radius 1 is 1.39 bits per heavy atom. The Morgan fingerprint density at radius 2 is 2.22 bits per heavy atom. The molecule has 0 saturated heterocycles. The molecule has 0 saturated carbocycles. The predicted octanol–water partition coefficient (Wildman–Crippen LogP) is 2.33. The average Bonchev–Trinajstić information content (AvgIpc) is 2.37. The molecule has 1 heterocycles. The SMILES string of the molecule is CC(O)CCC(=O)Nc1cccc2ncccc12. The molecule has 0 fully saturated rings. The van der Waals surface area contributed by atoms with Crippen molar-refractivity contribution in [2.75, 3.05) is 5.32 Å². The van der Waals surface area contributed by atoms with E-state index in [1.54, 1.807) is 13.1 Å². The van der Waals surface area contributed by atoms with Gasteiger partial charge in [0.1, 0.15) is 0 Å². The van der Waals surface area contributed by atoms with Gasteiger partial charge in [0.05, 0.1) is 17.3 Å². The van der Waals surface area contributed by atoms with Crippen molar-refractivity contribution in [3.63, 3.8) is 0 Å². The first-order valence-electron chi connectivity index (χ1n) is 5.98. The highest BCUT2D eigenvalue weighted by atomic mass is 16.3. The van der Waals surface area contributed by atoms with Gasteiger partial charge in [0.15, 0.2) is 0 Å². The number of anilines is 1. The van der Waals surface area contributed by atoms with Gasteiger partial charge in [-0.25, -0.2) is 0 Å². The van der Waals surface area contributed by atoms with Gasteiger partial charge in [-0.3, -0.25) is 9.78 Å². The molecule has 1 aromatic carbocycles. The summed E-state index contributed by atoms with van der Waals surface area (Å²) in [6.07, 6.45) is 2.05. The summed E-state index contributed by atoms with van der Waals surface area (Å²) < 4.78 is 0. The molecular weight excluding hydrogens is 228 g/mol. The molecule has 1 amide bonds. The summed E-state index contributed by atoms with van der Waals surface area (Å²) in [5.74, 6) is -0.0905. The van der Waals surface area contributed by atoms with Crippen LogP contribution in [0.25, 0.3) is 10.9 Å². The average molecular weight is 244 g/mol.